The minimum absolute atomic E-state index is 0. The normalized spacial score (nSPS) is 4.29. The number of carbonyl (C=O) groups is 1. The average Bonchev–Trinajstić information content (AvgIpc) is 1.41. The first-order valence-electron chi connectivity index (χ1n) is 0.735. The van der Waals surface area contributed by atoms with E-state index in [1.54, 1.807) is 0 Å². The van der Waals surface area contributed by atoms with Crippen molar-refractivity contribution in [1.82, 2.24) is 0 Å². The predicted molar refractivity (Wildman–Crippen MR) is 11.8 cm³/mol. The quantitative estimate of drug-likeness (QED) is 0.443. The average molecular weight is 277 g/mol. The first-order valence-corrected chi connectivity index (χ1v) is 1.12. The van der Waals surface area contributed by atoms with E-state index in [0.29, 0.717) is 0 Å². The molecule has 0 aliphatic heterocycles. The monoisotopic (exact) mass is 277 g/mol. The molecule has 0 spiro atoms. The third kappa shape index (κ3) is 142. The number of rotatable bonds is 0. The van der Waals surface area contributed by atoms with Gasteiger partial charge in [0, 0.05) is 0 Å². The molecule has 0 saturated carbocycles. The summed E-state index contributed by atoms with van der Waals surface area (Å²) in [5.41, 5.74) is 0. The second kappa shape index (κ2) is 15.7. The molecular weight excluding hydrogens is 277 g/mol. The molecule has 0 N–H and O–H groups in total. The van der Waals surface area contributed by atoms with Crippen molar-refractivity contribution in [2.45, 2.75) is 0 Å². The molecule has 0 heterocycles. The minimum atomic E-state index is -2.33. The summed E-state index contributed by atoms with van der Waals surface area (Å²) < 4.78 is 7.81. The molecule has 4 nitrogen and oxygen atoms in total. The van der Waals surface area contributed by atoms with Gasteiger partial charge >= 0.3 is 68.7 Å². The second-order valence-corrected chi connectivity index (χ2v) is 0.250. The summed E-state index contributed by atoms with van der Waals surface area (Å²) in [6.45, 7) is 0. The molecule has 0 aromatic carbocycles. The third-order valence-electron chi connectivity index (χ3n) is 0. The Morgan fingerprint density at radius 3 is 1.29 bits per heavy atom. The standard InChI is InChI=1S/CH2O3.Ba.Cu.O/c2-1(3)4;;;/h(H2,2,3,4);;;/q;+2;;/p-2. The first kappa shape index (κ1) is 15.7. The molecule has 0 aliphatic rings. The molecule has 0 aliphatic carbocycles. The van der Waals surface area contributed by atoms with Gasteiger partial charge in [-0.15, -0.1) is 0 Å². The van der Waals surface area contributed by atoms with E-state index in [2.05, 4.69) is 15.9 Å². The van der Waals surface area contributed by atoms with Crippen LogP contribution in [-0.2, 0) is 19.8 Å². The molecule has 0 bridgehead atoms. The van der Waals surface area contributed by atoms with Gasteiger partial charge in [0.05, 0.1) is 0 Å². The molecular formula is CBaCuO4. The van der Waals surface area contributed by atoms with E-state index in [1.807, 2.05) is 0 Å². The van der Waals surface area contributed by atoms with Crippen LogP contribution in [0.2, 0.25) is 0 Å². The SMILES string of the molecule is O=C([O-])[O-].[Ba+2].[O]=[Cu]. The zero-order chi connectivity index (χ0) is 5.58. The van der Waals surface area contributed by atoms with E-state index in [-0.39, 0.29) is 48.9 Å². The molecule has 41 valence electrons. The molecule has 0 fully saturated rings. The van der Waals surface area contributed by atoms with E-state index < -0.39 is 6.16 Å². The Labute approximate surface area is 88.4 Å². The summed E-state index contributed by atoms with van der Waals surface area (Å²) in [4.78, 5) is 8.33. The van der Waals surface area contributed by atoms with Crippen LogP contribution < -0.4 is 10.2 Å². The molecule has 0 aromatic heterocycles. The fourth-order valence-corrected chi connectivity index (χ4v) is 0. The summed E-state index contributed by atoms with van der Waals surface area (Å²) in [5.74, 6) is 0. The maximum atomic E-state index is 8.33. The van der Waals surface area contributed by atoms with Crippen LogP contribution in [0.25, 0.3) is 0 Å². The Morgan fingerprint density at radius 1 is 1.29 bits per heavy atom. The topological polar surface area (TPSA) is 80.3 Å². The fourth-order valence-electron chi connectivity index (χ4n) is 0. The van der Waals surface area contributed by atoms with Gasteiger partial charge in [-0.25, -0.2) is 0 Å². The van der Waals surface area contributed by atoms with Crippen LogP contribution in [0.3, 0.4) is 0 Å². The van der Waals surface area contributed by atoms with E-state index >= 15 is 0 Å². The van der Waals surface area contributed by atoms with Gasteiger partial charge in [0.15, 0.2) is 0 Å². The third-order valence-corrected chi connectivity index (χ3v) is 0. The number of hydrogen-bond acceptors (Lipinski definition) is 4. The molecule has 0 atom stereocenters. The van der Waals surface area contributed by atoms with Gasteiger partial charge in [-0.2, -0.15) is 0 Å². The number of hydrogen-bond donors (Lipinski definition) is 0. The van der Waals surface area contributed by atoms with Crippen LogP contribution in [0.4, 0.5) is 4.79 Å². The van der Waals surface area contributed by atoms with Crippen LogP contribution in [-0.4, -0.2) is 55.0 Å². The van der Waals surface area contributed by atoms with Crippen LogP contribution in [0, 0.1) is 0 Å². The van der Waals surface area contributed by atoms with Crippen molar-refractivity contribution >= 4 is 55.0 Å². The predicted octanol–water partition coefficient (Wildman–Crippen LogP) is -2.95. The summed E-state index contributed by atoms with van der Waals surface area (Å²) in [7, 11) is 0. The zero-order valence-corrected chi connectivity index (χ0v) is 8.52. The maximum absolute atomic E-state index is 8.33. The van der Waals surface area contributed by atoms with Crippen molar-refractivity contribution in [3.05, 3.63) is 0 Å². The van der Waals surface area contributed by atoms with Crippen LogP contribution in [0.5, 0.6) is 0 Å². The Hall–Kier alpha value is 1.16. The molecule has 0 radical (unpaired) electrons. The molecule has 0 saturated heterocycles. The van der Waals surface area contributed by atoms with Crippen LogP contribution in [0.15, 0.2) is 0 Å². The molecule has 0 rings (SSSR count). The molecule has 6 heteroatoms. The number of carbonyl (C=O) groups excluding carboxylic acids is 1. The van der Waals surface area contributed by atoms with E-state index in [0.717, 1.165) is 0 Å². The van der Waals surface area contributed by atoms with Crippen molar-refractivity contribution in [2.75, 3.05) is 0 Å². The van der Waals surface area contributed by atoms with Gasteiger partial charge in [-0.05, 0) is 6.16 Å². The molecule has 7 heavy (non-hydrogen) atoms. The molecule has 0 unspecified atom stereocenters. The number of carboxylic acid groups (broad SMARTS) is 2. The molecule has 0 amide bonds. The fraction of sp³-hybridized carbons (Fsp3) is 0. The zero-order valence-electron chi connectivity index (χ0n) is 3.14. The second-order valence-electron chi connectivity index (χ2n) is 0.250. The van der Waals surface area contributed by atoms with E-state index in [1.165, 1.54) is 0 Å². The van der Waals surface area contributed by atoms with Gasteiger partial charge in [0.25, 0.3) is 0 Å². The van der Waals surface area contributed by atoms with Gasteiger partial charge in [0.2, 0.25) is 0 Å². The van der Waals surface area contributed by atoms with Crippen LogP contribution in [0.1, 0.15) is 0 Å². The Kier molecular flexibility index (Phi) is 35.2. The van der Waals surface area contributed by atoms with Crippen molar-refractivity contribution in [3.63, 3.8) is 0 Å². The van der Waals surface area contributed by atoms with Crippen LogP contribution >= 0.6 is 0 Å². The Bertz CT molecular complexity index is 43.0. The summed E-state index contributed by atoms with van der Waals surface area (Å²) in [6, 6.07) is 0. The van der Waals surface area contributed by atoms with Gasteiger partial charge < -0.3 is 15.0 Å². The van der Waals surface area contributed by atoms with Crippen molar-refractivity contribution in [3.8, 4) is 0 Å². The first-order chi connectivity index (χ1) is 2.73. The van der Waals surface area contributed by atoms with Crippen molar-refractivity contribution in [1.29, 1.82) is 0 Å². The Morgan fingerprint density at radius 2 is 1.29 bits per heavy atom. The van der Waals surface area contributed by atoms with Gasteiger partial charge in [-0.3, -0.25) is 0 Å². The molecule has 0 aromatic rings. The van der Waals surface area contributed by atoms with Gasteiger partial charge in [-0.1, -0.05) is 0 Å². The van der Waals surface area contributed by atoms with Crippen molar-refractivity contribution in [2.24, 2.45) is 0 Å². The van der Waals surface area contributed by atoms with Gasteiger partial charge in [0.1, 0.15) is 0 Å². The summed E-state index contributed by atoms with van der Waals surface area (Å²) >= 11 is 2.94. The van der Waals surface area contributed by atoms with E-state index in [9.17, 15) is 0 Å². The van der Waals surface area contributed by atoms with E-state index in [4.69, 9.17) is 18.8 Å². The summed E-state index contributed by atoms with van der Waals surface area (Å²) in [5, 5.41) is 16.7. The summed E-state index contributed by atoms with van der Waals surface area (Å²) in [6.07, 6.45) is -2.33. The Balaban J connectivity index is -0.0000000480. The van der Waals surface area contributed by atoms with Crippen molar-refractivity contribution < 1.29 is 34.8 Å².